The van der Waals surface area contributed by atoms with E-state index in [0.29, 0.717) is 24.5 Å². The molecule has 0 aromatic carbocycles. The van der Waals surface area contributed by atoms with Crippen LogP contribution in [0, 0.1) is 6.92 Å². The number of hydrogen-bond acceptors (Lipinski definition) is 5. The van der Waals surface area contributed by atoms with E-state index in [9.17, 15) is 9.59 Å². The van der Waals surface area contributed by atoms with Gasteiger partial charge in [-0.05, 0) is 27.7 Å². The van der Waals surface area contributed by atoms with Crippen LogP contribution in [-0.2, 0) is 9.59 Å². The lowest BCUT2D eigenvalue weighted by Crippen LogP contribution is -2.40. The third-order valence-electron chi connectivity index (χ3n) is 2.70. The zero-order valence-electron chi connectivity index (χ0n) is 13.3. The van der Waals surface area contributed by atoms with Gasteiger partial charge in [0.05, 0.1) is 6.54 Å². The van der Waals surface area contributed by atoms with Crippen molar-refractivity contribution in [3.8, 4) is 0 Å². The number of hydrogen-bond donors (Lipinski definition) is 2. The first kappa shape index (κ1) is 17.2. The minimum Gasteiger partial charge on any atom is -0.360 e. The van der Waals surface area contributed by atoms with Gasteiger partial charge >= 0.3 is 0 Å². The van der Waals surface area contributed by atoms with Gasteiger partial charge in [-0.25, -0.2) is 0 Å². The Bertz CT molecular complexity index is 491. The summed E-state index contributed by atoms with van der Waals surface area (Å²) < 4.78 is 4.85. The van der Waals surface area contributed by atoms with Gasteiger partial charge in [-0.3, -0.25) is 9.59 Å². The fourth-order valence-corrected chi connectivity index (χ4v) is 1.65. The van der Waals surface area contributed by atoms with Gasteiger partial charge in [-0.1, -0.05) is 5.16 Å². The minimum absolute atomic E-state index is 0.0136. The molecule has 0 radical (unpaired) electrons. The summed E-state index contributed by atoms with van der Waals surface area (Å²) in [5, 5.41) is 9.47. The number of carbonyl (C=O) groups excluding carboxylic acids is 2. The van der Waals surface area contributed by atoms with Crippen LogP contribution in [0.15, 0.2) is 10.6 Å². The number of nitrogens with one attached hydrogen (secondary N) is 2. The molecule has 1 heterocycles. The lowest BCUT2D eigenvalue weighted by molar-refractivity contribution is -0.133. The second kappa shape index (κ2) is 7.21. The monoisotopic (exact) mass is 296 g/mol. The zero-order valence-corrected chi connectivity index (χ0v) is 13.3. The fourth-order valence-electron chi connectivity index (χ4n) is 1.65. The molecular formula is C14H24N4O3. The van der Waals surface area contributed by atoms with E-state index < -0.39 is 0 Å². The van der Waals surface area contributed by atoms with Crippen molar-refractivity contribution in [1.82, 2.24) is 15.4 Å². The van der Waals surface area contributed by atoms with E-state index in [4.69, 9.17) is 4.52 Å². The van der Waals surface area contributed by atoms with Crippen molar-refractivity contribution in [2.45, 2.75) is 39.7 Å². The molecule has 0 aliphatic carbocycles. The Morgan fingerprint density at radius 2 is 2.05 bits per heavy atom. The Morgan fingerprint density at radius 3 is 2.57 bits per heavy atom. The zero-order chi connectivity index (χ0) is 16.0. The number of carbonyl (C=O) groups is 2. The normalized spacial score (nSPS) is 11.3. The number of anilines is 1. The molecule has 2 N–H and O–H groups in total. The average molecular weight is 296 g/mol. The maximum Gasteiger partial charge on any atom is 0.245 e. The molecule has 0 aliphatic heterocycles. The molecule has 1 aromatic rings. The molecule has 2 amide bonds. The minimum atomic E-state index is -0.303. The SMILES string of the molecule is Cc1cc(NC(=O)CN(C)C(=O)CCNC(C)(C)C)no1. The van der Waals surface area contributed by atoms with Gasteiger partial charge < -0.3 is 20.1 Å². The third kappa shape index (κ3) is 6.89. The first-order valence-corrected chi connectivity index (χ1v) is 6.89. The predicted molar refractivity (Wildman–Crippen MR) is 79.9 cm³/mol. The van der Waals surface area contributed by atoms with Crippen LogP contribution >= 0.6 is 0 Å². The van der Waals surface area contributed by atoms with Crippen molar-refractivity contribution in [3.05, 3.63) is 11.8 Å². The van der Waals surface area contributed by atoms with Crippen LogP contribution in [0.1, 0.15) is 33.0 Å². The van der Waals surface area contributed by atoms with Crippen molar-refractivity contribution in [1.29, 1.82) is 0 Å². The lowest BCUT2D eigenvalue weighted by atomic mass is 10.1. The molecule has 118 valence electrons. The maximum absolute atomic E-state index is 11.9. The van der Waals surface area contributed by atoms with Gasteiger partial charge in [0.2, 0.25) is 11.8 Å². The largest absolute Gasteiger partial charge is 0.360 e. The van der Waals surface area contributed by atoms with Crippen LogP contribution in [-0.4, -0.2) is 47.5 Å². The first-order valence-electron chi connectivity index (χ1n) is 6.89. The van der Waals surface area contributed by atoms with Crippen molar-refractivity contribution in [3.63, 3.8) is 0 Å². The van der Waals surface area contributed by atoms with E-state index in [1.54, 1.807) is 20.0 Å². The number of likely N-dealkylation sites (N-methyl/N-ethyl adjacent to an activating group) is 1. The van der Waals surface area contributed by atoms with Gasteiger partial charge in [0.15, 0.2) is 5.82 Å². The molecule has 0 unspecified atom stereocenters. The van der Waals surface area contributed by atoms with E-state index in [2.05, 4.69) is 15.8 Å². The highest BCUT2D eigenvalue weighted by Crippen LogP contribution is 2.06. The lowest BCUT2D eigenvalue weighted by Gasteiger charge is -2.21. The standard InChI is InChI=1S/C14H24N4O3/c1-10-8-11(17-21-10)16-12(19)9-18(5)13(20)6-7-15-14(2,3)4/h8,15H,6-7,9H2,1-5H3,(H,16,17,19). The second-order valence-corrected chi connectivity index (χ2v) is 6.05. The van der Waals surface area contributed by atoms with Crippen LogP contribution in [0.4, 0.5) is 5.82 Å². The Labute approximate surface area is 125 Å². The maximum atomic E-state index is 11.9. The Morgan fingerprint density at radius 1 is 1.38 bits per heavy atom. The molecule has 1 rings (SSSR count). The Balaban J connectivity index is 2.32. The Kier molecular flexibility index (Phi) is 5.90. The van der Waals surface area contributed by atoms with Crippen LogP contribution in [0.3, 0.4) is 0 Å². The molecule has 0 spiro atoms. The van der Waals surface area contributed by atoms with Crippen LogP contribution in [0.25, 0.3) is 0 Å². The molecule has 7 nitrogen and oxygen atoms in total. The van der Waals surface area contributed by atoms with Gasteiger partial charge in [-0.2, -0.15) is 0 Å². The summed E-state index contributed by atoms with van der Waals surface area (Å²) in [6.07, 6.45) is 0.351. The second-order valence-electron chi connectivity index (χ2n) is 6.05. The number of nitrogens with zero attached hydrogens (tertiary/aromatic N) is 2. The molecule has 0 atom stereocenters. The fraction of sp³-hybridized carbons (Fsp3) is 0.643. The number of aromatic nitrogens is 1. The summed E-state index contributed by atoms with van der Waals surface area (Å²) in [5.41, 5.74) is -0.0267. The predicted octanol–water partition coefficient (Wildman–Crippen LogP) is 1.16. The summed E-state index contributed by atoms with van der Waals surface area (Å²) in [7, 11) is 1.60. The van der Waals surface area contributed by atoms with Crippen LogP contribution in [0.5, 0.6) is 0 Å². The number of amides is 2. The highest BCUT2D eigenvalue weighted by Gasteiger charge is 2.15. The van der Waals surface area contributed by atoms with E-state index in [0.717, 1.165) is 0 Å². The smallest absolute Gasteiger partial charge is 0.245 e. The third-order valence-corrected chi connectivity index (χ3v) is 2.70. The highest BCUT2D eigenvalue weighted by molar-refractivity contribution is 5.93. The summed E-state index contributed by atoms with van der Waals surface area (Å²) >= 11 is 0. The molecule has 1 aromatic heterocycles. The van der Waals surface area contributed by atoms with E-state index in [1.165, 1.54) is 4.90 Å². The topological polar surface area (TPSA) is 87.5 Å². The first-order chi connectivity index (χ1) is 9.67. The molecule has 21 heavy (non-hydrogen) atoms. The quantitative estimate of drug-likeness (QED) is 0.822. The average Bonchev–Trinajstić information content (AvgIpc) is 2.72. The van der Waals surface area contributed by atoms with Crippen LogP contribution in [0.2, 0.25) is 0 Å². The summed E-state index contributed by atoms with van der Waals surface area (Å²) in [5.74, 6) is 0.580. The summed E-state index contributed by atoms with van der Waals surface area (Å²) in [6.45, 7) is 8.41. The summed E-state index contributed by atoms with van der Waals surface area (Å²) in [6, 6.07) is 1.62. The van der Waals surface area contributed by atoms with Crippen molar-refractivity contribution in [2.24, 2.45) is 0 Å². The van der Waals surface area contributed by atoms with E-state index in [-0.39, 0.29) is 23.9 Å². The van der Waals surface area contributed by atoms with Crippen molar-refractivity contribution in [2.75, 3.05) is 25.5 Å². The van der Waals surface area contributed by atoms with Gasteiger partial charge in [0.1, 0.15) is 5.76 Å². The molecular weight excluding hydrogens is 272 g/mol. The highest BCUT2D eigenvalue weighted by atomic mass is 16.5. The molecule has 0 aliphatic rings. The van der Waals surface area contributed by atoms with E-state index >= 15 is 0 Å². The Hall–Kier alpha value is -1.89. The molecule has 0 bridgehead atoms. The summed E-state index contributed by atoms with van der Waals surface area (Å²) in [4.78, 5) is 25.1. The molecule has 0 saturated heterocycles. The van der Waals surface area contributed by atoms with Crippen molar-refractivity contribution < 1.29 is 14.1 Å². The number of rotatable bonds is 6. The van der Waals surface area contributed by atoms with Crippen molar-refractivity contribution >= 4 is 17.6 Å². The number of aryl methyl sites for hydroxylation is 1. The molecule has 0 saturated carbocycles. The molecule has 0 fully saturated rings. The van der Waals surface area contributed by atoms with E-state index in [1.807, 2.05) is 20.8 Å². The molecule has 7 heteroatoms. The van der Waals surface area contributed by atoms with Gasteiger partial charge in [0.25, 0.3) is 0 Å². The van der Waals surface area contributed by atoms with Gasteiger partial charge in [0, 0.05) is 31.6 Å². The van der Waals surface area contributed by atoms with Gasteiger partial charge in [-0.15, -0.1) is 0 Å². The van der Waals surface area contributed by atoms with Crippen LogP contribution < -0.4 is 10.6 Å².